The third kappa shape index (κ3) is 5.13. The molecule has 3 aromatic carbocycles. The Morgan fingerprint density at radius 3 is 2.29 bits per heavy atom. The van der Waals surface area contributed by atoms with Gasteiger partial charge in [-0.25, -0.2) is 23.1 Å². The second-order valence-electron chi connectivity index (χ2n) is 10.1. The molecule has 1 aliphatic heterocycles. The second-order valence-corrected chi connectivity index (χ2v) is 10.1. The molecule has 1 saturated heterocycles. The largest absolute Gasteiger partial charge is 0.434 e. The number of nitrogens with one attached hydrogen (secondary N) is 1. The van der Waals surface area contributed by atoms with Gasteiger partial charge in [-0.3, -0.25) is 4.90 Å². The van der Waals surface area contributed by atoms with Crippen molar-refractivity contribution in [1.29, 1.82) is 5.26 Å². The molecule has 2 heterocycles. The molecule has 5 rings (SSSR count). The Morgan fingerprint density at radius 2 is 1.71 bits per heavy atom. The quantitative estimate of drug-likeness (QED) is 0.338. The summed E-state index contributed by atoms with van der Waals surface area (Å²) in [6.07, 6.45) is 0. The lowest BCUT2D eigenvalue weighted by Crippen LogP contribution is -2.53. The Labute approximate surface area is 217 Å². The zero-order valence-corrected chi connectivity index (χ0v) is 20.8. The molecule has 1 N–H and O–H groups in total. The molecule has 2 atom stereocenters. The molecule has 0 saturated carbocycles. The Balaban J connectivity index is 1.46. The molecule has 1 fully saturated rings. The van der Waals surface area contributed by atoms with Crippen molar-refractivity contribution in [2.24, 2.45) is 5.92 Å². The van der Waals surface area contributed by atoms with Gasteiger partial charge in [-0.05, 0) is 72.9 Å². The number of nitriles is 1. The molecule has 0 radical (unpaired) electrons. The SMILES string of the molecule is CC(C)(F)C(c1cc(F)cc(F)c1)C1CN(C(c2ccc(-c3n[nH]c(=O)o3)cc2)c2cccc(C#N)c2)C1. The van der Waals surface area contributed by atoms with Crippen molar-refractivity contribution in [2.75, 3.05) is 13.1 Å². The molecule has 4 aromatic rings. The van der Waals surface area contributed by atoms with Crippen LogP contribution in [0.25, 0.3) is 11.5 Å². The van der Waals surface area contributed by atoms with Crippen LogP contribution in [-0.2, 0) is 0 Å². The van der Waals surface area contributed by atoms with Gasteiger partial charge in [0.05, 0.1) is 17.7 Å². The number of hydrogen-bond acceptors (Lipinski definition) is 5. The van der Waals surface area contributed by atoms with Crippen LogP contribution in [0.1, 0.15) is 48.1 Å². The number of benzene rings is 3. The Hall–Kier alpha value is -4.16. The first-order valence-corrected chi connectivity index (χ1v) is 12.2. The van der Waals surface area contributed by atoms with Crippen molar-refractivity contribution < 1.29 is 17.6 Å². The number of aromatic nitrogens is 2. The molecule has 6 nitrogen and oxygen atoms in total. The molecule has 0 aliphatic carbocycles. The summed E-state index contributed by atoms with van der Waals surface area (Å²) in [7, 11) is 0. The predicted molar refractivity (Wildman–Crippen MR) is 135 cm³/mol. The summed E-state index contributed by atoms with van der Waals surface area (Å²) >= 11 is 0. The number of rotatable bonds is 7. The van der Waals surface area contributed by atoms with Gasteiger partial charge >= 0.3 is 5.76 Å². The molecule has 9 heteroatoms. The normalized spacial score (nSPS) is 16.0. The van der Waals surface area contributed by atoms with Crippen LogP contribution in [0.3, 0.4) is 0 Å². The molecule has 0 bridgehead atoms. The fraction of sp³-hybridized carbons (Fsp3) is 0.276. The van der Waals surface area contributed by atoms with Gasteiger partial charge < -0.3 is 4.42 Å². The topological polar surface area (TPSA) is 85.9 Å². The number of H-pyrrole nitrogens is 1. The molecule has 38 heavy (non-hydrogen) atoms. The highest BCUT2D eigenvalue weighted by Crippen LogP contribution is 2.45. The first-order chi connectivity index (χ1) is 18.1. The van der Waals surface area contributed by atoms with Crippen molar-refractivity contribution in [3.63, 3.8) is 0 Å². The maximum atomic E-state index is 15.4. The van der Waals surface area contributed by atoms with Crippen LogP contribution >= 0.6 is 0 Å². The molecule has 0 amide bonds. The molecule has 194 valence electrons. The molecule has 1 aromatic heterocycles. The van der Waals surface area contributed by atoms with Gasteiger partial charge in [0.2, 0.25) is 5.89 Å². The van der Waals surface area contributed by atoms with Crippen LogP contribution < -0.4 is 5.76 Å². The fourth-order valence-electron chi connectivity index (χ4n) is 5.51. The zero-order valence-electron chi connectivity index (χ0n) is 20.8. The number of likely N-dealkylation sites (tertiary alicyclic amines) is 1. The van der Waals surface area contributed by atoms with Gasteiger partial charge in [0.1, 0.15) is 17.3 Å². The smallest absolute Gasteiger partial charge is 0.388 e. The minimum atomic E-state index is -1.71. The van der Waals surface area contributed by atoms with Crippen LogP contribution in [0.15, 0.2) is 75.9 Å². The average molecular weight is 519 g/mol. The summed E-state index contributed by atoms with van der Waals surface area (Å²) in [4.78, 5) is 13.5. The Bertz CT molecular complexity index is 1520. The van der Waals surface area contributed by atoms with Gasteiger partial charge in [-0.1, -0.05) is 24.3 Å². The van der Waals surface area contributed by atoms with Gasteiger partial charge in [0.25, 0.3) is 0 Å². The summed E-state index contributed by atoms with van der Waals surface area (Å²) in [5.41, 5.74) is 1.51. The molecule has 1 aliphatic rings. The van der Waals surface area contributed by atoms with Crippen molar-refractivity contribution >= 4 is 0 Å². The van der Waals surface area contributed by atoms with E-state index in [1.807, 2.05) is 30.3 Å². The van der Waals surface area contributed by atoms with Crippen LogP contribution in [0.4, 0.5) is 13.2 Å². The summed E-state index contributed by atoms with van der Waals surface area (Å²) in [6, 6.07) is 19.7. The van der Waals surface area contributed by atoms with E-state index in [1.165, 1.54) is 26.0 Å². The second kappa shape index (κ2) is 9.95. The highest BCUT2D eigenvalue weighted by molar-refractivity contribution is 5.54. The third-order valence-corrected chi connectivity index (χ3v) is 7.00. The molecule has 2 unspecified atom stereocenters. The maximum Gasteiger partial charge on any atom is 0.434 e. The number of alkyl halides is 1. The van der Waals surface area contributed by atoms with Crippen molar-refractivity contribution in [1.82, 2.24) is 15.1 Å². The number of hydrogen-bond donors (Lipinski definition) is 1. The van der Waals surface area contributed by atoms with Gasteiger partial charge in [-0.2, -0.15) is 5.26 Å². The number of aromatic amines is 1. The summed E-state index contributed by atoms with van der Waals surface area (Å²) < 4.78 is 48.5. The highest BCUT2D eigenvalue weighted by Gasteiger charge is 2.45. The van der Waals surface area contributed by atoms with E-state index in [2.05, 4.69) is 21.2 Å². The van der Waals surface area contributed by atoms with Crippen LogP contribution in [0.5, 0.6) is 0 Å². The first kappa shape index (κ1) is 25.5. The lowest BCUT2D eigenvalue weighted by Gasteiger charge is -2.50. The van der Waals surface area contributed by atoms with E-state index in [9.17, 15) is 18.8 Å². The minimum absolute atomic E-state index is 0.170. The third-order valence-electron chi connectivity index (χ3n) is 7.00. The van der Waals surface area contributed by atoms with Gasteiger partial charge in [0.15, 0.2) is 0 Å². The summed E-state index contributed by atoms with van der Waals surface area (Å²) in [5, 5.41) is 15.5. The van der Waals surface area contributed by atoms with E-state index in [4.69, 9.17) is 4.42 Å². The first-order valence-electron chi connectivity index (χ1n) is 12.2. The van der Waals surface area contributed by atoms with Crippen molar-refractivity contribution in [2.45, 2.75) is 31.5 Å². The van der Waals surface area contributed by atoms with Crippen LogP contribution in [-0.4, -0.2) is 33.9 Å². The van der Waals surface area contributed by atoms with E-state index in [0.717, 1.165) is 17.2 Å². The van der Waals surface area contributed by atoms with E-state index in [-0.39, 0.29) is 17.9 Å². The van der Waals surface area contributed by atoms with Gasteiger partial charge in [-0.15, -0.1) is 5.10 Å². The maximum absolute atomic E-state index is 15.4. The van der Waals surface area contributed by atoms with Crippen molar-refractivity contribution in [3.05, 3.63) is 111 Å². The Kier molecular flexibility index (Phi) is 6.67. The van der Waals surface area contributed by atoms with Crippen molar-refractivity contribution in [3.8, 4) is 17.5 Å². The Morgan fingerprint density at radius 1 is 1.03 bits per heavy atom. The van der Waals surface area contributed by atoms with Crippen LogP contribution in [0, 0.1) is 28.9 Å². The zero-order chi connectivity index (χ0) is 27.0. The lowest BCUT2D eigenvalue weighted by molar-refractivity contribution is 0.00804. The predicted octanol–water partition coefficient (Wildman–Crippen LogP) is 5.73. The monoisotopic (exact) mass is 518 g/mol. The van der Waals surface area contributed by atoms with E-state index < -0.39 is 29.0 Å². The van der Waals surface area contributed by atoms with Gasteiger partial charge in [0, 0.05) is 30.6 Å². The summed E-state index contributed by atoms with van der Waals surface area (Å²) in [6.45, 7) is 3.83. The standard InChI is InChI=1S/C29H25F3N4O2/c1-29(2,32)25(21-11-23(30)13-24(31)12-21)22-15-36(16-22)26(20-5-3-4-17(10-20)14-33)18-6-8-19(9-7-18)27-34-35-28(37)38-27/h3-13,22,25-26H,15-16H2,1-2H3,(H,35,37). The highest BCUT2D eigenvalue weighted by atomic mass is 19.1. The molecular formula is C29H25F3N4O2. The van der Waals surface area contributed by atoms with E-state index >= 15 is 4.39 Å². The fourth-order valence-corrected chi connectivity index (χ4v) is 5.51. The average Bonchev–Trinajstić information content (AvgIpc) is 3.28. The number of halogens is 3. The number of nitrogens with zero attached hydrogens (tertiary/aromatic N) is 3. The van der Waals surface area contributed by atoms with E-state index in [0.29, 0.717) is 29.8 Å². The summed E-state index contributed by atoms with van der Waals surface area (Å²) in [5.74, 6) is -2.83. The minimum Gasteiger partial charge on any atom is -0.388 e. The van der Waals surface area contributed by atoms with Crippen LogP contribution in [0.2, 0.25) is 0 Å². The lowest BCUT2D eigenvalue weighted by atomic mass is 9.72. The molecular weight excluding hydrogens is 493 g/mol. The molecule has 0 spiro atoms. The van der Waals surface area contributed by atoms with E-state index in [1.54, 1.807) is 18.2 Å².